The molecule has 36 heavy (non-hydrogen) atoms. The summed E-state index contributed by atoms with van der Waals surface area (Å²) in [5.74, 6) is 0.556. The van der Waals surface area contributed by atoms with Gasteiger partial charge in [-0.05, 0) is 63.3 Å². The zero-order chi connectivity index (χ0) is 26.0. The van der Waals surface area contributed by atoms with Crippen LogP contribution in [0.5, 0.6) is 0 Å². The van der Waals surface area contributed by atoms with Crippen molar-refractivity contribution in [3.8, 4) is 0 Å². The lowest BCUT2D eigenvalue weighted by Gasteiger charge is -2.32. The van der Waals surface area contributed by atoms with Crippen LogP contribution in [-0.4, -0.2) is 61.5 Å². The predicted molar refractivity (Wildman–Crippen MR) is 140 cm³/mol. The molecule has 1 fully saturated rings. The van der Waals surface area contributed by atoms with E-state index in [2.05, 4.69) is 20.4 Å². The zero-order valence-electron chi connectivity index (χ0n) is 21.0. The van der Waals surface area contributed by atoms with Crippen LogP contribution >= 0.6 is 11.6 Å². The van der Waals surface area contributed by atoms with Crippen molar-refractivity contribution in [2.45, 2.75) is 38.7 Å². The maximum absolute atomic E-state index is 13.5. The van der Waals surface area contributed by atoms with Crippen LogP contribution in [0.2, 0.25) is 5.02 Å². The summed E-state index contributed by atoms with van der Waals surface area (Å²) >= 11 is 6.54. The summed E-state index contributed by atoms with van der Waals surface area (Å²) in [4.78, 5) is 23.8. The van der Waals surface area contributed by atoms with E-state index in [-0.39, 0.29) is 17.4 Å². The maximum atomic E-state index is 13.5. The highest BCUT2D eigenvalue weighted by molar-refractivity contribution is 6.34. The fourth-order valence-corrected chi connectivity index (χ4v) is 4.70. The highest BCUT2D eigenvalue weighted by Crippen LogP contribution is 2.30. The van der Waals surface area contributed by atoms with Crippen LogP contribution in [0.3, 0.4) is 0 Å². The Morgan fingerprint density at radius 1 is 1.25 bits per heavy atom. The molecular weight excluding hydrogens is 478 g/mol. The van der Waals surface area contributed by atoms with E-state index >= 15 is 0 Å². The molecule has 9 nitrogen and oxygen atoms in total. The molecule has 190 valence electrons. The number of hydrogen-bond donors (Lipinski definition) is 3. The number of piperidine rings is 1. The number of amides is 1. The van der Waals surface area contributed by atoms with Gasteiger partial charge >= 0.3 is 0 Å². The van der Waals surface area contributed by atoms with Crippen molar-refractivity contribution in [3.63, 3.8) is 0 Å². The Labute approximate surface area is 216 Å². The Kier molecular flexibility index (Phi) is 7.42. The number of aromatic nitrogens is 4. The molecule has 0 bridgehead atoms. The molecule has 0 aliphatic carbocycles. The second-order valence-corrected chi connectivity index (χ2v) is 10.2. The normalized spacial score (nSPS) is 14.7. The van der Waals surface area contributed by atoms with Crippen LogP contribution in [-0.2, 0) is 19.1 Å². The number of anilines is 1. The van der Waals surface area contributed by atoms with Crippen molar-refractivity contribution < 1.29 is 9.90 Å². The molecular formula is C26H32ClN7O2. The minimum absolute atomic E-state index is 0.104. The molecule has 3 heterocycles. The molecule has 1 aliphatic heterocycles. The first-order valence-corrected chi connectivity index (χ1v) is 12.4. The van der Waals surface area contributed by atoms with E-state index < -0.39 is 5.60 Å². The van der Waals surface area contributed by atoms with Crippen LogP contribution in [0.1, 0.15) is 59.8 Å². The van der Waals surface area contributed by atoms with Gasteiger partial charge in [-0.15, -0.1) is 0 Å². The van der Waals surface area contributed by atoms with E-state index in [0.29, 0.717) is 46.5 Å². The standard InChI is InChI=1S/C26H32ClN7O2/c1-26(2,36)25-30-9-5-21(31-25)23(28)19-14-18(20(27)15-22(19)29-3)24(35)34-11-6-16(7-12-34)13-17-8-10-33(4)32-17/h5,8-10,14-16,28-29,36H,6-7,11-13H2,1-4H3. The highest BCUT2D eigenvalue weighted by atomic mass is 35.5. The van der Waals surface area contributed by atoms with Gasteiger partial charge in [-0.2, -0.15) is 5.10 Å². The fourth-order valence-electron chi connectivity index (χ4n) is 4.46. The van der Waals surface area contributed by atoms with Crippen molar-refractivity contribution in [2.24, 2.45) is 13.0 Å². The molecule has 0 spiro atoms. The number of aliphatic hydroxyl groups is 1. The topological polar surface area (TPSA) is 120 Å². The van der Waals surface area contributed by atoms with Gasteiger partial charge in [-0.25, -0.2) is 9.97 Å². The quantitative estimate of drug-likeness (QED) is 0.418. The second-order valence-electron chi connectivity index (χ2n) is 9.75. The van der Waals surface area contributed by atoms with Crippen molar-refractivity contribution in [3.05, 3.63) is 70.0 Å². The summed E-state index contributed by atoms with van der Waals surface area (Å²) in [5, 5.41) is 27.0. The second kappa shape index (κ2) is 10.4. The van der Waals surface area contributed by atoms with E-state index in [1.54, 1.807) is 39.1 Å². The number of carbonyl (C=O) groups is 1. The average molecular weight is 510 g/mol. The van der Waals surface area contributed by atoms with Crippen LogP contribution in [0.25, 0.3) is 0 Å². The summed E-state index contributed by atoms with van der Waals surface area (Å²) in [6, 6.07) is 6.98. The Morgan fingerprint density at radius 3 is 2.58 bits per heavy atom. The average Bonchev–Trinajstić information content (AvgIpc) is 3.27. The molecule has 2 aromatic heterocycles. The molecule has 10 heteroatoms. The molecule has 1 aromatic carbocycles. The predicted octanol–water partition coefficient (Wildman–Crippen LogP) is 3.64. The number of nitrogens with one attached hydrogen (secondary N) is 2. The van der Waals surface area contributed by atoms with Crippen molar-refractivity contribution in [2.75, 3.05) is 25.5 Å². The summed E-state index contributed by atoms with van der Waals surface area (Å²) < 4.78 is 1.81. The number of rotatable bonds is 7. The number of halogens is 1. The smallest absolute Gasteiger partial charge is 0.255 e. The first-order valence-electron chi connectivity index (χ1n) is 12.0. The van der Waals surface area contributed by atoms with E-state index in [1.165, 1.54) is 6.20 Å². The molecule has 1 aliphatic rings. The molecule has 0 atom stereocenters. The molecule has 4 rings (SSSR count). The van der Waals surface area contributed by atoms with E-state index in [0.717, 1.165) is 25.0 Å². The minimum Gasteiger partial charge on any atom is -0.388 e. The Morgan fingerprint density at radius 2 is 1.97 bits per heavy atom. The summed E-state index contributed by atoms with van der Waals surface area (Å²) in [5.41, 5.74) is 1.74. The molecule has 0 radical (unpaired) electrons. The highest BCUT2D eigenvalue weighted by Gasteiger charge is 2.27. The first-order chi connectivity index (χ1) is 17.1. The number of nitrogens with zero attached hydrogens (tertiary/aromatic N) is 5. The number of aryl methyl sites for hydroxylation is 1. The van der Waals surface area contributed by atoms with Crippen LogP contribution in [0.15, 0.2) is 36.7 Å². The zero-order valence-corrected chi connectivity index (χ0v) is 21.8. The fraction of sp³-hybridized carbons (Fsp3) is 0.423. The van der Waals surface area contributed by atoms with Gasteiger partial charge in [0.05, 0.1) is 27.7 Å². The molecule has 1 saturated heterocycles. The van der Waals surface area contributed by atoms with Crippen molar-refractivity contribution in [1.29, 1.82) is 5.41 Å². The molecule has 3 aromatic rings. The van der Waals surface area contributed by atoms with Gasteiger partial charge in [0.1, 0.15) is 5.60 Å². The number of benzene rings is 1. The van der Waals surface area contributed by atoms with Gasteiger partial charge in [0.15, 0.2) is 5.82 Å². The van der Waals surface area contributed by atoms with Crippen LogP contribution in [0.4, 0.5) is 5.69 Å². The largest absolute Gasteiger partial charge is 0.388 e. The van der Waals surface area contributed by atoms with E-state index in [4.69, 9.17) is 17.0 Å². The van der Waals surface area contributed by atoms with Crippen LogP contribution < -0.4 is 5.32 Å². The molecule has 0 unspecified atom stereocenters. The Hall–Kier alpha value is -3.30. The Balaban J connectivity index is 1.54. The summed E-state index contributed by atoms with van der Waals surface area (Å²) in [6.45, 7) is 4.48. The SMILES string of the molecule is CNc1cc(Cl)c(C(=O)N2CCC(Cc3ccn(C)n3)CC2)cc1C(=N)c1ccnc(C(C)(C)O)n1. The third-order valence-corrected chi connectivity index (χ3v) is 6.82. The van der Waals surface area contributed by atoms with Gasteiger partial charge < -0.3 is 15.3 Å². The van der Waals surface area contributed by atoms with Crippen molar-refractivity contribution in [1.82, 2.24) is 24.6 Å². The van der Waals surface area contributed by atoms with Crippen LogP contribution in [0, 0.1) is 11.3 Å². The third-order valence-electron chi connectivity index (χ3n) is 6.50. The van der Waals surface area contributed by atoms with Gasteiger partial charge in [0.25, 0.3) is 5.91 Å². The first kappa shape index (κ1) is 25.8. The molecule has 0 saturated carbocycles. The van der Waals surface area contributed by atoms with Crippen molar-refractivity contribution >= 4 is 28.9 Å². The monoisotopic (exact) mass is 509 g/mol. The Bertz CT molecular complexity index is 1270. The van der Waals surface area contributed by atoms with E-state index in [1.807, 2.05) is 28.9 Å². The number of hydrogen-bond acceptors (Lipinski definition) is 7. The van der Waals surface area contributed by atoms with Gasteiger partial charge in [-0.3, -0.25) is 14.9 Å². The summed E-state index contributed by atoms with van der Waals surface area (Å²) in [7, 11) is 3.65. The minimum atomic E-state index is -1.24. The maximum Gasteiger partial charge on any atom is 0.255 e. The lowest BCUT2D eigenvalue weighted by atomic mass is 9.91. The van der Waals surface area contributed by atoms with E-state index in [9.17, 15) is 9.90 Å². The van der Waals surface area contributed by atoms with Gasteiger partial charge in [0.2, 0.25) is 0 Å². The molecule has 1 amide bonds. The number of likely N-dealkylation sites (tertiary alicyclic amines) is 1. The molecule has 3 N–H and O–H groups in total. The third kappa shape index (κ3) is 5.57. The van der Waals surface area contributed by atoms with Gasteiger partial charge in [0, 0.05) is 50.8 Å². The lowest BCUT2D eigenvalue weighted by Crippen LogP contribution is -2.39. The van der Waals surface area contributed by atoms with Gasteiger partial charge in [-0.1, -0.05) is 11.6 Å². The summed E-state index contributed by atoms with van der Waals surface area (Å²) in [6.07, 6.45) is 6.18. The number of carbonyl (C=O) groups excluding carboxylic acids is 1. The lowest BCUT2D eigenvalue weighted by molar-refractivity contribution is 0.0682.